The Kier molecular flexibility index (Phi) is 3.47. The fraction of sp³-hybridized carbons (Fsp3) is 0.0588. The van der Waals surface area contributed by atoms with Gasteiger partial charge in [0, 0.05) is 17.3 Å². The number of hydrogen-bond donors (Lipinski definition) is 1. The van der Waals surface area contributed by atoms with Crippen molar-refractivity contribution in [2.45, 2.75) is 6.92 Å². The zero-order valence-electron chi connectivity index (χ0n) is 11.8. The smallest absolute Gasteiger partial charge is 0.210 e. The van der Waals surface area contributed by atoms with E-state index in [1.165, 1.54) is 30.5 Å². The van der Waals surface area contributed by atoms with E-state index >= 15 is 0 Å². The average molecular weight is 296 g/mol. The maximum Gasteiger partial charge on any atom is 0.210 e. The summed E-state index contributed by atoms with van der Waals surface area (Å²) >= 11 is 0. The molecule has 0 atom stereocenters. The molecule has 3 rings (SSSR count). The van der Waals surface area contributed by atoms with Gasteiger partial charge in [-0.25, -0.2) is 4.39 Å². The van der Waals surface area contributed by atoms with E-state index in [1.807, 2.05) is 18.2 Å². The summed E-state index contributed by atoms with van der Waals surface area (Å²) in [5.74, 6) is -0.599. The van der Waals surface area contributed by atoms with Gasteiger partial charge in [0.25, 0.3) is 0 Å². The Morgan fingerprint density at radius 2 is 1.95 bits per heavy atom. The average Bonchev–Trinajstić information content (AvgIpc) is 2.80. The molecule has 0 saturated carbocycles. The highest BCUT2D eigenvalue weighted by molar-refractivity contribution is 6.11. The molecule has 1 aromatic carbocycles. The van der Waals surface area contributed by atoms with Gasteiger partial charge < -0.3 is 9.61 Å². The number of oxime groups is 1. The van der Waals surface area contributed by atoms with Crippen LogP contribution in [0.4, 0.5) is 4.39 Å². The Morgan fingerprint density at radius 1 is 1.23 bits per heavy atom. The standard InChI is InChI=1S/C17H13FN2O2/c1-11-14(10-19-22)15-4-2-3-9-20(15)16(11)17(21)12-5-7-13(18)8-6-12/h2-10,22H,1H3. The Hall–Kier alpha value is -2.95. The highest BCUT2D eigenvalue weighted by Gasteiger charge is 2.20. The molecule has 0 aliphatic heterocycles. The molecule has 0 aliphatic carbocycles. The summed E-state index contributed by atoms with van der Waals surface area (Å²) in [5.41, 5.74) is 3.02. The van der Waals surface area contributed by atoms with Gasteiger partial charge in [0.2, 0.25) is 5.78 Å². The number of nitrogens with zero attached hydrogens (tertiary/aromatic N) is 2. The minimum Gasteiger partial charge on any atom is -0.411 e. The fourth-order valence-electron chi connectivity index (χ4n) is 2.60. The van der Waals surface area contributed by atoms with Crippen LogP contribution in [0.2, 0.25) is 0 Å². The van der Waals surface area contributed by atoms with Crippen LogP contribution in [-0.2, 0) is 0 Å². The number of fused-ring (bicyclic) bond motifs is 1. The number of aromatic nitrogens is 1. The van der Waals surface area contributed by atoms with E-state index in [1.54, 1.807) is 17.5 Å². The lowest BCUT2D eigenvalue weighted by atomic mass is 10.0. The minimum atomic E-state index is -0.388. The van der Waals surface area contributed by atoms with Gasteiger partial charge in [0.15, 0.2) is 0 Å². The predicted octanol–water partition coefficient (Wildman–Crippen LogP) is 3.43. The number of hydrogen-bond acceptors (Lipinski definition) is 3. The molecule has 0 fully saturated rings. The van der Waals surface area contributed by atoms with Gasteiger partial charge in [0.1, 0.15) is 5.82 Å². The molecule has 2 heterocycles. The number of carbonyl (C=O) groups excluding carboxylic acids is 1. The molecule has 0 bridgehead atoms. The van der Waals surface area contributed by atoms with Crippen LogP contribution in [0.25, 0.3) is 5.52 Å². The van der Waals surface area contributed by atoms with Gasteiger partial charge in [-0.05, 0) is 48.9 Å². The first-order valence-corrected chi connectivity index (χ1v) is 6.71. The Bertz CT molecular complexity index is 880. The summed E-state index contributed by atoms with van der Waals surface area (Å²) in [6.45, 7) is 1.79. The Labute approximate surface area is 126 Å². The topological polar surface area (TPSA) is 54.1 Å². The number of carbonyl (C=O) groups is 1. The lowest BCUT2D eigenvalue weighted by Gasteiger charge is -2.04. The zero-order valence-corrected chi connectivity index (χ0v) is 11.8. The Balaban J connectivity index is 2.24. The Morgan fingerprint density at radius 3 is 2.64 bits per heavy atom. The quantitative estimate of drug-likeness (QED) is 0.348. The third-order valence-electron chi connectivity index (χ3n) is 3.64. The molecule has 3 aromatic rings. The van der Waals surface area contributed by atoms with Crippen LogP contribution in [0.3, 0.4) is 0 Å². The van der Waals surface area contributed by atoms with Gasteiger partial charge in [-0.1, -0.05) is 11.2 Å². The molecule has 0 unspecified atom stereocenters. The third-order valence-corrected chi connectivity index (χ3v) is 3.64. The SMILES string of the molecule is Cc1c(C=NO)c2ccccn2c1C(=O)c1ccc(F)cc1. The summed E-state index contributed by atoms with van der Waals surface area (Å²) in [4.78, 5) is 12.8. The number of pyridine rings is 1. The molecule has 2 aromatic heterocycles. The van der Waals surface area contributed by atoms with Gasteiger partial charge in [-0.2, -0.15) is 0 Å². The van der Waals surface area contributed by atoms with Crippen molar-refractivity contribution in [1.82, 2.24) is 4.40 Å². The molecule has 22 heavy (non-hydrogen) atoms. The fourth-order valence-corrected chi connectivity index (χ4v) is 2.60. The van der Waals surface area contributed by atoms with Gasteiger partial charge in [-0.15, -0.1) is 0 Å². The monoisotopic (exact) mass is 296 g/mol. The van der Waals surface area contributed by atoms with E-state index in [0.29, 0.717) is 22.4 Å². The first-order chi connectivity index (χ1) is 10.6. The number of rotatable bonds is 3. The second kappa shape index (κ2) is 5.44. The van der Waals surface area contributed by atoms with E-state index in [0.717, 1.165) is 5.52 Å². The molecule has 0 radical (unpaired) electrons. The molecule has 1 N–H and O–H groups in total. The maximum atomic E-state index is 13.0. The van der Waals surface area contributed by atoms with Crippen LogP contribution in [0.15, 0.2) is 53.8 Å². The molecule has 0 amide bonds. The van der Waals surface area contributed by atoms with E-state index in [-0.39, 0.29) is 11.6 Å². The van der Waals surface area contributed by atoms with Crippen LogP contribution in [0.5, 0.6) is 0 Å². The highest BCUT2D eigenvalue weighted by Crippen LogP contribution is 2.24. The second-order valence-electron chi connectivity index (χ2n) is 4.92. The van der Waals surface area contributed by atoms with Crippen molar-refractivity contribution >= 4 is 17.5 Å². The van der Waals surface area contributed by atoms with E-state index in [9.17, 15) is 9.18 Å². The van der Waals surface area contributed by atoms with Crippen molar-refractivity contribution in [2.24, 2.45) is 5.16 Å². The predicted molar refractivity (Wildman–Crippen MR) is 81.3 cm³/mol. The molecule has 5 heteroatoms. The summed E-state index contributed by atoms with van der Waals surface area (Å²) in [5, 5.41) is 11.9. The molecule has 0 aliphatic rings. The van der Waals surface area contributed by atoms with Crippen LogP contribution in [0.1, 0.15) is 27.2 Å². The van der Waals surface area contributed by atoms with Crippen LogP contribution >= 0.6 is 0 Å². The van der Waals surface area contributed by atoms with Crippen molar-refractivity contribution in [1.29, 1.82) is 0 Å². The van der Waals surface area contributed by atoms with Crippen molar-refractivity contribution < 1.29 is 14.4 Å². The van der Waals surface area contributed by atoms with Crippen molar-refractivity contribution in [3.8, 4) is 0 Å². The molecular weight excluding hydrogens is 283 g/mol. The van der Waals surface area contributed by atoms with E-state index < -0.39 is 0 Å². The van der Waals surface area contributed by atoms with Crippen molar-refractivity contribution in [3.63, 3.8) is 0 Å². The van der Waals surface area contributed by atoms with Gasteiger partial charge >= 0.3 is 0 Å². The molecular formula is C17H13FN2O2. The van der Waals surface area contributed by atoms with Crippen molar-refractivity contribution in [3.05, 3.63) is 76.9 Å². The lowest BCUT2D eigenvalue weighted by molar-refractivity contribution is 0.103. The number of ketones is 1. The first kappa shape index (κ1) is 14.0. The summed E-state index contributed by atoms with van der Waals surface area (Å²) in [6, 6.07) is 10.9. The zero-order chi connectivity index (χ0) is 15.7. The van der Waals surface area contributed by atoms with Crippen molar-refractivity contribution in [2.75, 3.05) is 0 Å². The normalized spacial score (nSPS) is 11.4. The summed E-state index contributed by atoms with van der Waals surface area (Å²) < 4.78 is 14.8. The summed E-state index contributed by atoms with van der Waals surface area (Å²) in [7, 11) is 0. The lowest BCUT2D eigenvalue weighted by Crippen LogP contribution is -2.07. The number of benzene rings is 1. The number of halogens is 1. The van der Waals surface area contributed by atoms with Gasteiger partial charge in [0.05, 0.1) is 17.4 Å². The van der Waals surface area contributed by atoms with E-state index in [2.05, 4.69) is 5.16 Å². The van der Waals surface area contributed by atoms with E-state index in [4.69, 9.17) is 5.21 Å². The molecule has 4 nitrogen and oxygen atoms in total. The van der Waals surface area contributed by atoms with Crippen LogP contribution in [-0.4, -0.2) is 21.6 Å². The summed E-state index contributed by atoms with van der Waals surface area (Å²) in [6.07, 6.45) is 3.08. The molecule has 0 saturated heterocycles. The molecule has 0 spiro atoms. The second-order valence-corrected chi connectivity index (χ2v) is 4.92. The highest BCUT2D eigenvalue weighted by atomic mass is 19.1. The minimum absolute atomic E-state index is 0.212. The maximum absolute atomic E-state index is 13.0. The van der Waals surface area contributed by atoms with Crippen LogP contribution in [0, 0.1) is 12.7 Å². The molecule has 110 valence electrons. The third kappa shape index (κ3) is 2.16. The largest absolute Gasteiger partial charge is 0.411 e. The first-order valence-electron chi connectivity index (χ1n) is 6.71. The van der Waals surface area contributed by atoms with Crippen LogP contribution < -0.4 is 0 Å². The van der Waals surface area contributed by atoms with Gasteiger partial charge in [-0.3, -0.25) is 4.79 Å².